The molecule has 20 heavy (non-hydrogen) atoms. The number of imidazole rings is 1. The van der Waals surface area contributed by atoms with E-state index in [1.165, 1.54) is 6.82 Å². The lowest BCUT2D eigenvalue weighted by atomic mass is 10.2. The molecule has 1 heterocycles. The third-order valence-corrected chi connectivity index (χ3v) is 1.43. The number of aromatic nitrogens is 2. The van der Waals surface area contributed by atoms with Crippen LogP contribution in [0.15, 0.2) is 44.7 Å². The molecule has 0 N–H and O–H groups in total. The van der Waals surface area contributed by atoms with E-state index in [2.05, 4.69) is 39.1 Å². The molecule has 2 nitrogen and oxygen atoms in total. The van der Waals surface area contributed by atoms with Gasteiger partial charge in [-0.25, -0.2) is 4.98 Å². The summed E-state index contributed by atoms with van der Waals surface area (Å²) < 4.78 is 1.84. The maximum absolute atomic E-state index is 4.50. The van der Waals surface area contributed by atoms with Gasteiger partial charge in [0.05, 0.1) is 13.5 Å². The number of hydrogen-bond acceptors (Lipinski definition) is 1. The van der Waals surface area contributed by atoms with Gasteiger partial charge < -0.3 is 4.57 Å². The largest absolute Gasteiger partial charge is 0.307 e. The third kappa shape index (κ3) is 16.2. The van der Waals surface area contributed by atoms with Gasteiger partial charge in [0.1, 0.15) is 5.82 Å². The Bertz CT molecular complexity index is 307. The van der Waals surface area contributed by atoms with Crippen LogP contribution in [0.4, 0.5) is 0 Å². The summed E-state index contributed by atoms with van der Waals surface area (Å²) in [5.41, 5.74) is 0.981. The van der Waals surface area contributed by atoms with Gasteiger partial charge in [0.2, 0.25) is 0 Å². The summed E-state index contributed by atoms with van der Waals surface area (Å²) >= 11 is 0. The van der Waals surface area contributed by atoms with Crippen molar-refractivity contribution in [3.05, 3.63) is 56.2 Å². The minimum absolute atomic E-state index is 0.840. The molecule has 1 aromatic heterocycles. The van der Waals surface area contributed by atoms with Crippen LogP contribution in [0, 0.1) is 6.92 Å². The van der Waals surface area contributed by atoms with E-state index in [0.717, 1.165) is 11.5 Å². The fraction of sp³-hybridized carbons (Fsp3) is 0.353. The Morgan fingerprint density at radius 3 is 1.60 bits per heavy atom. The highest BCUT2D eigenvalue weighted by atomic mass is 15.0. The minimum Gasteiger partial charge on any atom is -0.307 e. The Hall–Kier alpha value is -1.77. The van der Waals surface area contributed by atoms with Crippen LogP contribution in [-0.2, 0) is 0 Å². The van der Waals surface area contributed by atoms with E-state index in [1.54, 1.807) is 24.4 Å². The van der Waals surface area contributed by atoms with Gasteiger partial charge in [-0.3, -0.25) is 0 Å². The molecule has 0 spiro atoms. The molecule has 0 aliphatic rings. The minimum atomic E-state index is 0.840. The van der Waals surface area contributed by atoms with Crippen LogP contribution in [0.25, 0.3) is 12.3 Å². The highest BCUT2D eigenvalue weighted by Crippen LogP contribution is 2.02. The smallest absolute Gasteiger partial charge is 0.136 e. The first kappa shape index (κ1) is 26.7. The maximum atomic E-state index is 4.50. The van der Waals surface area contributed by atoms with Crippen LogP contribution >= 0.6 is 0 Å². The first-order valence-electron chi connectivity index (χ1n) is 6.81. The van der Waals surface area contributed by atoms with E-state index in [4.69, 9.17) is 0 Å². The molecule has 0 saturated heterocycles. The number of aryl methyl sites for hydroxylation is 1. The molecule has 0 atom stereocenters. The lowest BCUT2D eigenvalue weighted by Gasteiger charge is -1.91. The highest BCUT2D eigenvalue weighted by Gasteiger charge is 1.95. The van der Waals surface area contributed by atoms with E-state index in [-0.39, 0.29) is 0 Å². The lowest BCUT2D eigenvalue weighted by molar-refractivity contribution is 1.11. The summed E-state index contributed by atoms with van der Waals surface area (Å²) in [6.07, 6.45) is 8.59. The van der Waals surface area contributed by atoms with Crippen molar-refractivity contribution >= 4 is 20.1 Å². The molecule has 0 unspecified atom stereocenters. The Kier molecular flexibility index (Phi) is 34.7. The summed E-state index contributed by atoms with van der Waals surface area (Å²) in [6, 6.07) is 0. The van der Waals surface area contributed by atoms with Gasteiger partial charge in [0.25, 0.3) is 0 Å². The summed E-state index contributed by atoms with van der Waals surface area (Å²) in [5, 5.41) is 0. The Morgan fingerprint density at radius 1 is 1.00 bits per heavy atom. The molecule has 0 amide bonds. The van der Waals surface area contributed by atoms with Crippen molar-refractivity contribution in [1.82, 2.24) is 9.55 Å². The van der Waals surface area contributed by atoms with Gasteiger partial charge in [0.15, 0.2) is 0 Å². The molecule has 3 heteroatoms. The highest BCUT2D eigenvalue weighted by molar-refractivity contribution is 6.05. The van der Waals surface area contributed by atoms with Gasteiger partial charge in [0, 0.05) is 12.4 Å². The van der Waals surface area contributed by atoms with Crippen molar-refractivity contribution < 1.29 is 0 Å². The van der Waals surface area contributed by atoms with Crippen LogP contribution in [0.3, 0.4) is 0 Å². The zero-order valence-corrected chi connectivity index (χ0v) is 14.2. The van der Waals surface area contributed by atoms with Gasteiger partial charge in [-0.1, -0.05) is 73.0 Å². The number of nitrogens with zero attached hydrogens (tertiary/aromatic N) is 2. The molecule has 1 aromatic rings. The van der Waals surface area contributed by atoms with Gasteiger partial charge in [-0.15, -0.1) is 0 Å². The summed E-state index contributed by atoms with van der Waals surface area (Å²) in [7, 11) is 4.50. The van der Waals surface area contributed by atoms with E-state index in [9.17, 15) is 0 Å². The molecule has 0 saturated carbocycles. The van der Waals surface area contributed by atoms with Crippen molar-refractivity contribution in [2.75, 3.05) is 0 Å². The topological polar surface area (TPSA) is 17.8 Å². The molecule has 112 valence electrons. The first-order chi connectivity index (χ1) is 9.69. The molecule has 0 aromatic carbocycles. The second-order valence-electron chi connectivity index (χ2n) is 2.51. The molecule has 0 fully saturated rings. The van der Waals surface area contributed by atoms with Crippen molar-refractivity contribution in [3.63, 3.8) is 0 Å². The summed E-state index contributed by atoms with van der Waals surface area (Å²) in [4.78, 5) is 4.17. The molecule has 0 aliphatic heterocycles. The fourth-order valence-corrected chi connectivity index (χ4v) is 0.832. The fourth-order valence-electron chi connectivity index (χ4n) is 0.832. The van der Waals surface area contributed by atoms with Crippen LogP contribution in [-0.4, -0.2) is 17.4 Å². The number of hydrogen-bond donors (Lipinski definition) is 0. The standard InChI is InChI=1S/C8H10N2.C4H6.2C2H6.CH3B/c1-4-8-9-7(3)6-10(8)5-2;1-3-4-2;3*1-2/h4-6H,1-2H2,3H3;3-4H,1-2H2;2*1-2H3;1H3. The van der Waals surface area contributed by atoms with Crippen LogP contribution < -0.4 is 0 Å². The van der Waals surface area contributed by atoms with Crippen LogP contribution in [0.2, 0.25) is 6.82 Å². The second kappa shape index (κ2) is 25.9. The van der Waals surface area contributed by atoms with Crippen LogP contribution in [0.1, 0.15) is 39.2 Å². The van der Waals surface area contributed by atoms with Gasteiger partial charge in [-0.05, 0) is 13.0 Å². The third-order valence-electron chi connectivity index (χ3n) is 1.43. The van der Waals surface area contributed by atoms with Crippen LogP contribution in [0.5, 0.6) is 0 Å². The molecule has 0 bridgehead atoms. The van der Waals surface area contributed by atoms with E-state index in [1.807, 2.05) is 45.4 Å². The molecular formula is C17H31BN2. The monoisotopic (exact) mass is 274 g/mol. The summed E-state index contributed by atoms with van der Waals surface area (Å²) in [5.74, 6) is 0.840. The predicted octanol–water partition coefficient (Wildman–Crippen LogP) is 5.55. The molecule has 2 radical (unpaired) electrons. The lowest BCUT2D eigenvalue weighted by Crippen LogP contribution is -1.85. The van der Waals surface area contributed by atoms with Crippen molar-refractivity contribution in [2.45, 2.75) is 41.4 Å². The average Bonchev–Trinajstić information content (AvgIpc) is 2.93. The van der Waals surface area contributed by atoms with Crippen molar-refractivity contribution in [1.29, 1.82) is 0 Å². The second-order valence-corrected chi connectivity index (χ2v) is 2.51. The Morgan fingerprint density at radius 2 is 1.40 bits per heavy atom. The Balaban J connectivity index is -0.000000108. The van der Waals surface area contributed by atoms with Gasteiger partial charge in [-0.2, -0.15) is 0 Å². The molecule has 0 aliphatic carbocycles. The number of rotatable bonds is 3. The number of allylic oxidation sites excluding steroid dienone is 2. The normalized spacial score (nSPS) is 6.50. The average molecular weight is 274 g/mol. The Labute approximate surface area is 128 Å². The maximum Gasteiger partial charge on any atom is 0.136 e. The predicted molar refractivity (Wildman–Crippen MR) is 98.2 cm³/mol. The van der Waals surface area contributed by atoms with Crippen molar-refractivity contribution in [3.8, 4) is 0 Å². The SMILES string of the molecule is C=CC=C.C=Cc1nc(C)cn1C=C.CC.CC.[B]C. The van der Waals surface area contributed by atoms with Gasteiger partial charge >= 0.3 is 0 Å². The van der Waals surface area contributed by atoms with E-state index in [0.29, 0.717) is 0 Å². The van der Waals surface area contributed by atoms with Crippen molar-refractivity contribution in [2.24, 2.45) is 0 Å². The van der Waals surface area contributed by atoms with E-state index >= 15 is 0 Å². The molecule has 1 rings (SSSR count). The zero-order chi connectivity index (χ0) is 17.0. The quantitative estimate of drug-likeness (QED) is 0.522. The summed E-state index contributed by atoms with van der Waals surface area (Å²) in [6.45, 7) is 25.4. The first-order valence-corrected chi connectivity index (χ1v) is 6.81. The zero-order valence-electron chi connectivity index (χ0n) is 14.2. The molecular weight excluding hydrogens is 243 g/mol. The van der Waals surface area contributed by atoms with E-state index < -0.39 is 0 Å².